The third-order valence-corrected chi connectivity index (χ3v) is 2.99. The molecule has 0 saturated carbocycles. The number of thioether (sulfide) groups is 1. The number of halogens is 3. The number of aliphatic carboxylic acids is 1. The molecule has 9 heteroatoms. The first-order valence-electron chi connectivity index (χ1n) is 5.16. The Balaban J connectivity index is 2.20. The number of hydrogen-bond acceptors (Lipinski definition) is 4. The van der Waals surface area contributed by atoms with Crippen molar-refractivity contribution in [3.8, 4) is 0 Å². The van der Waals surface area contributed by atoms with Gasteiger partial charge in [0.05, 0.1) is 0 Å². The molecule has 0 aromatic rings. The molecule has 0 bridgehead atoms. The second kappa shape index (κ2) is 6.28. The third-order valence-electron chi connectivity index (χ3n) is 2.25. The number of rotatable bonds is 5. The highest BCUT2D eigenvalue weighted by Gasteiger charge is 2.34. The highest BCUT2D eigenvalue weighted by atomic mass is 32.2. The number of hydrogen-bond donors (Lipinski definition) is 2. The highest BCUT2D eigenvalue weighted by molar-refractivity contribution is 8.00. The van der Waals surface area contributed by atoms with Crippen molar-refractivity contribution < 1.29 is 32.6 Å². The van der Waals surface area contributed by atoms with Crippen molar-refractivity contribution in [2.75, 3.05) is 12.3 Å². The fourth-order valence-corrected chi connectivity index (χ4v) is 1.90. The van der Waals surface area contributed by atoms with E-state index >= 15 is 0 Å². The molecule has 104 valence electrons. The lowest BCUT2D eigenvalue weighted by atomic mass is 10.2. The Morgan fingerprint density at radius 2 is 1.94 bits per heavy atom. The maximum absolute atomic E-state index is 11.8. The molecule has 1 rings (SSSR count). The van der Waals surface area contributed by atoms with E-state index in [-0.39, 0.29) is 36.9 Å². The Labute approximate surface area is 105 Å². The zero-order valence-electron chi connectivity index (χ0n) is 9.20. The molecular weight excluding hydrogens is 275 g/mol. The van der Waals surface area contributed by atoms with E-state index < -0.39 is 29.6 Å². The van der Waals surface area contributed by atoms with Crippen LogP contribution in [0.5, 0.6) is 0 Å². The minimum absolute atomic E-state index is 0.138. The predicted octanol–water partition coefficient (Wildman–Crippen LogP) is 0.988. The lowest BCUT2D eigenvalue weighted by molar-refractivity contribution is -0.151. The summed E-state index contributed by atoms with van der Waals surface area (Å²) in [6, 6.07) is 0. The summed E-state index contributed by atoms with van der Waals surface area (Å²) in [5.41, 5.74) is -4.32. The van der Waals surface area contributed by atoms with Crippen LogP contribution in [0.3, 0.4) is 0 Å². The lowest BCUT2D eigenvalue weighted by Gasteiger charge is -2.12. The number of carboxylic acid groups (broad SMARTS) is 1. The monoisotopic (exact) mass is 287 g/mol. The number of amides is 1. The average molecular weight is 287 g/mol. The van der Waals surface area contributed by atoms with Crippen molar-refractivity contribution >= 4 is 23.6 Å². The van der Waals surface area contributed by atoms with Gasteiger partial charge in [-0.1, -0.05) is 0 Å². The van der Waals surface area contributed by atoms with Gasteiger partial charge in [-0.25, -0.2) is 4.79 Å². The maximum atomic E-state index is 11.8. The van der Waals surface area contributed by atoms with Gasteiger partial charge < -0.3 is 15.2 Å². The van der Waals surface area contributed by atoms with Crippen LogP contribution in [0.4, 0.5) is 13.2 Å². The highest BCUT2D eigenvalue weighted by Crippen LogP contribution is 2.29. The Bertz CT molecular complexity index is 323. The quantitative estimate of drug-likeness (QED) is 0.737. The number of carbonyl (C=O) groups is 2. The summed E-state index contributed by atoms with van der Waals surface area (Å²) in [6.07, 6.45) is -1.41. The average Bonchev–Trinajstić information content (AvgIpc) is 2.72. The number of carbonyl (C=O) groups excluding carboxylic acids is 1. The second-order valence-electron chi connectivity index (χ2n) is 3.61. The molecule has 0 spiro atoms. The van der Waals surface area contributed by atoms with E-state index in [2.05, 4.69) is 5.32 Å². The molecule has 0 aromatic carbocycles. The van der Waals surface area contributed by atoms with E-state index in [1.54, 1.807) is 0 Å². The molecular formula is C9H12F3NO4S. The summed E-state index contributed by atoms with van der Waals surface area (Å²) in [5, 5.41) is 10.9. The van der Waals surface area contributed by atoms with Crippen molar-refractivity contribution in [3.63, 3.8) is 0 Å². The molecule has 0 aliphatic carbocycles. The molecule has 0 aromatic heterocycles. The molecule has 1 fully saturated rings. The van der Waals surface area contributed by atoms with Gasteiger partial charge >= 0.3 is 11.5 Å². The molecule has 1 aliphatic heterocycles. The van der Waals surface area contributed by atoms with Gasteiger partial charge in [0.25, 0.3) is 0 Å². The van der Waals surface area contributed by atoms with E-state index in [0.717, 1.165) is 0 Å². The first-order valence-corrected chi connectivity index (χ1v) is 6.15. The molecule has 1 aliphatic rings. The SMILES string of the molecule is O=C(O)C1CCC(C(=O)NCCSC(F)(F)F)O1. The second-order valence-corrected chi connectivity index (χ2v) is 4.77. The van der Waals surface area contributed by atoms with Crippen molar-refractivity contribution in [2.45, 2.75) is 30.6 Å². The van der Waals surface area contributed by atoms with E-state index in [9.17, 15) is 22.8 Å². The zero-order chi connectivity index (χ0) is 13.8. The Hall–Kier alpha value is -0.960. The Morgan fingerprint density at radius 1 is 1.33 bits per heavy atom. The van der Waals surface area contributed by atoms with Gasteiger partial charge in [0, 0.05) is 12.3 Å². The largest absolute Gasteiger partial charge is 0.479 e. The smallest absolute Gasteiger partial charge is 0.441 e. The van der Waals surface area contributed by atoms with Crippen molar-refractivity contribution in [2.24, 2.45) is 0 Å². The van der Waals surface area contributed by atoms with Crippen molar-refractivity contribution in [1.29, 1.82) is 0 Å². The standard InChI is InChI=1S/C9H12F3NO4S/c10-9(11,12)18-4-3-13-7(14)5-1-2-6(17-5)8(15)16/h5-6H,1-4H2,(H,13,14)(H,15,16). The van der Waals surface area contributed by atoms with Crippen molar-refractivity contribution in [1.82, 2.24) is 5.32 Å². The molecule has 1 saturated heterocycles. The Morgan fingerprint density at radius 3 is 2.44 bits per heavy atom. The minimum Gasteiger partial charge on any atom is -0.479 e. The van der Waals surface area contributed by atoms with Crippen LogP contribution in [0.1, 0.15) is 12.8 Å². The van der Waals surface area contributed by atoms with Crippen LogP contribution < -0.4 is 5.32 Å². The summed E-state index contributed by atoms with van der Waals surface area (Å²) in [6.45, 7) is -0.138. The third kappa shape index (κ3) is 5.13. The van der Waals surface area contributed by atoms with Gasteiger partial charge in [-0.15, -0.1) is 0 Å². The Kier molecular flexibility index (Phi) is 5.27. The molecule has 2 N–H and O–H groups in total. The molecule has 18 heavy (non-hydrogen) atoms. The van der Waals surface area contributed by atoms with Crippen LogP contribution in [0.15, 0.2) is 0 Å². The van der Waals surface area contributed by atoms with Crippen LogP contribution in [0, 0.1) is 0 Å². The van der Waals surface area contributed by atoms with Gasteiger partial charge in [-0.05, 0) is 24.6 Å². The molecule has 2 unspecified atom stereocenters. The van der Waals surface area contributed by atoms with E-state index in [0.29, 0.717) is 0 Å². The number of carboxylic acids is 1. The van der Waals surface area contributed by atoms with Gasteiger partial charge in [-0.2, -0.15) is 13.2 Å². The zero-order valence-corrected chi connectivity index (χ0v) is 10.0. The minimum atomic E-state index is -4.32. The summed E-state index contributed by atoms with van der Waals surface area (Å²) in [4.78, 5) is 22.0. The van der Waals surface area contributed by atoms with Gasteiger partial charge in [0.15, 0.2) is 6.10 Å². The lowest BCUT2D eigenvalue weighted by Crippen LogP contribution is -2.36. The first kappa shape index (κ1) is 15.1. The predicted molar refractivity (Wildman–Crippen MR) is 57.1 cm³/mol. The van der Waals surface area contributed by atoms with Gasteiger partial charge in [0.1, 0.15) is 6.10 Å². The molecule has 1 heterocycles. The van der Waals surface area contributed by atoms with Gasteiger partial charge in [0.2, 0.25) is 5.91 Å². The van der Waals surface area contributed by atoms with E-state index in [1.165, 1.54) is 0 Å². The summed E-state index contributed by atoms with van der Waals surface area (Å²) in [5.74, 6) is -2.00. The number of alkyl halides is 3. The maximum Gasteiger partial charge on any atom is 0.441 e. The van der Waals surface area contributed by atoms with Crippen LogP contribution in [0.25, 0.3) is 0 Å². The molecule has 1 amide bonds. The normalized spacial score (nSPS) is 23.9. The van der Waals surface area contributed by atoms with E-state index in [4.69, 9.17) is 9.84 Å². The molecule has 5 nitrogen and oxygen atoms in total. The molecule has 2 atom stereocenters. The number of ether oxygens (including phenoxy) is 1. The number of nitrogens with one attached hydrogen (secondary N) is 1. The van der Waals surface area contributed by atoms with Crippen LogP contribution in [-0.2, 0) is 14.3 Å². The van der Waals surface area contributed by atoms with Crippen LogP contribution in [-0.4, -0.2) is 47.0 Å². The van der Waals surface area contributed by atoms with Crippen molar-refractivity contribution in [3.05, 3.63) is 0 Å². The first-order chi connectivity index (χ1) is 8.29. The van der Waals surface area contributed by atoms with Crippen LogP contribution in [0.2, 0.25) is 0 Å². The summed E-state index contributed by atoms with van der Waals surface area (Å²) >= 11 is -0.226. The van der Waals surface area contributed by atoms with Gasteiger partial charge in [-0.3, -0.25) is 4.79 Å². The van der Waals surface area contributed by atoms with Crippen LogP contribution >= 0.6 is 11.8 Å². The molecule has 0 radical (unpaired) electrons. The summed E-state index contributed by atoms with van der Waals surface area (Å²) < 4.78 is 40.3. The topological polar surface area (TPSA) is 75.6 Å². The fraction of sp³-hybridized carbons (Fsp3) is 0.778. The summed E-state index contributed by atoms with van der Waals surface area (Å²) in [7, 11) is 0. The fourth-order valence-electron chi connectivity index (χ4n) is 1.47. The van der Waals surface area contributed by atoms with E-state index in [1.807, 2.05) is 0 Å².